The van der Waals surface area contributed by atoms with Crippen molar-refractivity contribution < 1.29 is 18.7 Å². The highest BCUT2D eigenvalue weighted by atomic mass is 32.2. The molecule has 5 rings (SSSR count). The molecule has 0 aliphatic carbocycles. The molecule has 0 aromatic heterocycles. The summed E-state index contributed by atoms with van der Waals surface area (Å²) in [7, 11) is 1.62. The van der Waals surface area contributed by atoms with Crippen molar-refractivity contribution in [3.05, 3.63) is 95.3 Å². The molecule has 188 valence electrons. The number of aryl methyl sites for hydroxylation is 1. The van der Waals surface area contributed by atoms with Crippen molar-refractivity contribution in [3.63, 3.8) is 0 Å². The Hall–Kier alpha value is -3.98. The molecule has 3 aromatic rings. The van der Waals surface area contributed by atoms with Crippen molar-refractivity contribution in [2.75, 3.05) is 12.4 Å². The van der Waals surface area contributed by atoms with Crippen LogP contribution in [0.3, 0.4) is 0 Å². The molecule has 37 heavy (non-hydrogen) atoms. The second kappa shape index (κ2) is 10.6. The summed E-state index contributed by atoms with van der Waals surface area (Å²) in [6.07, 6.45) is 0.552. The number of carbonyl (C=O) groups is 2. The van der Waals surface area contributed by atoms with Crippen LogP contribution >= 0.6 is 11.8 Å². The van der Waals surface area contributed by atoms with Crippen LogP contribution in [-0.2, 0) is 9.59 Å². The monoisotopic (exact) mass is 516 g/mol. The zero-order valence-corrected chi connectivity index (χ0v) is 21.2. The van der Waals surface area contributed by atoms with E-state index in [0.29, 0.717) is 17.3 Å². The lowest BCUT2D eigenvalue weighted by atomic mass is 9.98. The van der Waals surface area contributed by atoms with E-state index in [0.717, 1.165) is 28.2 Å². The lowest BCUT2D eigenvalue weighted by molar-refractivity contribution is -0.121. The highest BCUT2D eigenvalue weighted by Gasteiger charge is 2.39. The lowest BCUT2D eigenvalue weighted by Gasteiger charge is -2.23. The number of methoxy groups -OCH3 is 1. The first kappa shape index (κ1) is 24.7. The van der Waals surface area contributed by atoms with Gasteiger partial charge in [-0.1, -0.05) is 59.8 Å². The normalized spacial score (nSPS) is 19.0. The van der Waals surface area contributed by atoms with E-state index in [1.165, 1.54) is 30.0 Å². The van der Waals surface area contributed by atoms with Gasteiger partial charge >= 0.3 is 0 Å². The number of hydrazone groups is 1. The van der Waals surface area contributed by atoms with Gasteiger partial charge in [-0.2, -0.15) is 10.1 Å². The fourth-order valence-corrected chi connectivity index (χ4v) is 5.31. The van der Waals surface area contributed by atoms with Crippen molar-refractivity contribution in [1.82, 2.24) is 5.01 Å². The smallest absolute Gasteiger partial charge is 0.262 e. The van der Waals surface area contributed by atoms with E-state index in [2.05, 4.69) is 10.3 Å². The Morgan fingerprint density at radius 1 is 1.14 bits per heavy atom. The van der Waals surface area contributed by atoms with E-state index in [1.54, 1.807) is 18.2 Å². The molecule has 0 spiro atoms. The van der Waals surface area contributed by atoms with Crippen LogP contribution in [0, 0.1) is 12.7 Å². The Morgan fingerprint density at radius 2 is 1.89 bits per heavy atom. The SMILES string of the molecule is COc1ccc([C@@H]2CC(c3ccc(C)cc3)=NN2C2=NC(=O)[C@@H](CC(=O)Nc3cccc(F)c3)S2)cc1. The Labute approximate surface area is 218 Å². The maximum Gasteiger partial charge on any atom is 0.262 e. The molecule has 0 radical (unpaired) electrons. The summed E-state index contributed by atoms with van der Waals surface area (Å²) in [5, 5.41) is 9.07. The first-order chi connectivity index (χ1) is 17.9. The van der Waals surface area contributed by atoms with E-state index in [9.17, 15) is 14.0 Å². The van der Waals surface area contributed by atoms with Crippen LogP contribution in [0.5, 0.6) is 5.75 Å². The topological polar surface area (TPSA) is 83.4 Å². The van der Waals surface area contributed by atoms with Crippen LogP contribution in [0.15, 0.2) is 82.9 Å². The van der Waals surface area contributed by atoms with Crippen LogP contribution in [0.1, 0.15) is 35.6 Å². The first-order valence-electron chi connectivity index (χ1n) is 11.8. The molecule has 0 unspecified atom stereocenters. The van der Waals surface area contributed by atoms with Gasteiger partial charge in [-0.25, -0.2) is 9.40 Å². The number of hydrogen-bond donors (Lipinski definition) is 1. The molecular formula is C28H25FN4O3S. The number of benzene rings is 3. The molecule has 7 nitrogen and oxygen atoms in total. The predicted molar refractivity (Wildman–Crippen MR) is 143 cm³/mol. The maximum atomic E-state index is 13.4. The minimum Gasteiger partial charge on any atom is -0.497 e. The summed E-state index contributed by atoms with van der Waals surface area (Å²) < 4.78 is 18.7. The van der Waals surface area contributed by atoms with Gasteiger partial charge in [-0.15, -0.1) is 0 Å². The molecule has 2 amide bonds. The van der Waals surface area contributed by atoms with Gasteiger partial charge in [-0.3, -0.25) is 9.59 Å². The average Bonchev–Trinajstić information content (AvgIpc) is 3.48. The number of aliphatic imine (C=N–C) groups is 1. The van der Waals surface area contributed by atoms with E-state index in [-0.39, 0.29) is 24.3 Å². The molecule has 2 aliphatic rings. The van der Waals surface area contributed by atoms with Gasteiger partial charge in [0, 0.05) is 18.5 Å². The molecule has 1 N–H and O–H groups in total. The maximum absolute atomic E-state index is 13.4. The van der Waals surface area contributed by atoms with Gasteiger partial charge in [-0.05, 0) is 48.4 Å². The lowest BCUT2D eigenvalue weighted by Crippen LogP contribution is -2.25. The molecule has 0 saturated carbocycles. The highest BCUT2D eigenvalue weighted by molar-refractivity contribution is 8.15. The quantitative estimate of drug-likeness (QED) is 0.480. The molecule has 2 heterocycles. The molecule has 9 heteroatoms. The van der Waals surface area contributed by atoms with Crippen molar-refractivity contribution >= 4 is 40.1 Å². The molecule has 0 bridgehead atoms. The van der Waals surface area contributed by atoms with Gasteiger partial charge < -0.3 is 10.1 Å². The molecule has 2 aliphatic heterocycles. The third-order valence-electron chi connectivity index (χ3n) is 6.20. The van der Waals surface area contributed by atoms with E-state index in [4.69, 9.17) is 9.84 Å². The van der Waals surface area contributed by atoms with Gasteiger partial charge in [0.1, 0.15) is 16.8 Å². The summed E-state index contributed by atoms with van der Waals surface area (Å²) in [4.78, 5) is 29.6. The standard InChI is InChI=1S/C28H25FN4O3S/c1-17-6-8-18(9-7-17)23-15-24(19-10-12-22(36-2)13-11-19)33(32-23)28-31-27(35)25(37-28)16-26(34)30-21-5-3-4-20(29)14-21/h3-14,24-25H,15-16H2,1-2H3,(H,30,34)/t24-,25+/m0/s1. The minimum absolute atomic E-state index is 0.0808. The number of nitrogens with zero attached hydrogens (tertiary/aromatic N) is 3. The number of carbonyl (C=O) groups excluding carboxylic acids is 2. The summed E-state index contributed by atoms with van der Waals surface area (Å²) in [6.45, 7) is 2.03. The summed E-state index contributed by atoms with van der Waals surface area (Å²) in [6, 6.07) is 21.4. The number of thioether (sulfide) groups is 1. The van der Waals surface area contributed by atoms with E-state index >= 15 is 0 Å². The first-order valence-corrected chi connectivity index (χ1v) is 12.7. The number of halogens is 1. The van der Waals surface area contributed by atoms with Gasteiger partial charge in [0.15, 0.2) is 5.17 Å². The predicted octanol–water partition coefficient (Wildman–Crippen LogP) is 5.32. The summed E-state index contributed by atoms with van der Waals surface area (Å²) >= 11 is 1.22. The molecular weight excluding hydrogens is 491 g/mol. The van der Waals surface area contributed by atoms with Crippen LogP contribution in [0.2, 0.25) is 0 Å². The minimum atomic E-state index is -0.682. The average molecular weight is 517 g/mol. The van der Waals surface area contributed by atoms with Gasteiger partial charge in [0.2, 0.25) is 5.91 Å². The zero-order valence-electron chi connectivity index (χ0n) is 20.3. The van der Waals surface area contributed by atoms with Crippen molar-refractivity contribution in [2.24, 2.45) is 10.1 Å². The molecule has 0 fully saturated rings. The van der Waals surface area contributed by atoms with E-state index in [1.807, 2.05) is 55.5 Å². The fraction of sp³-hybridized carbons (Fsp3) is 0.214. The molecule has 0 saturated heterocycles. The largest absolute Gasteiger partial charge is 0.497 e. The van der Waals surface area contributed by atoms with Crippen LogP contribution in [0.4, 0.5) is 10.1 Å². The van der Waals surface area contributed by atoms with Crippen molar-refractivity contribution in [1.29, 1.82) is 0 Å². The van der Waals surface area contributed by atoms with Gasteiger partial charge in [0.05, 0.1) is 18.9 Å². The molecule has 2 atom stereocenters. The third kappa shape index (κ3) is 5.56. The summed E-state index contributed by atoms with van der Waals surface area (Å²) in [5.41, 5.74) is 4.41. The Morgan fingerprint density at radius 3 is 2.59 bits per heavy atom. The number of amidine groups is 1. The van der Waals surface area contributed by atoms with Crippen LogP contribution < -0.4 is 10.1 Å². The van der Waals surface area contributed by atoms with E-state index < -0.39 is 11.1 Å². The number of nitrogens with one attached hydrogen (secondary N) is 1. The zero-order chi connectivity index (χ0) is 25.9. The summed E-state index contributed by atoms with van der Waals surface area (Å²) in [5.74, 6) is -0.470. The number of hydrogen-bond acceptors (Lipinski definition) is 6. The molecule has 3 aromatic carbocycles. The number of ether oxygens (including phenoxy) is 1. The second-order valence-corrected chi connectivity index (χ2v) is 10.0. The van der Waals surface area contributed by atoms with Crippen LogP contribution in [0.25, 0.3) is 0 Å². The fourth-order valence-electron chi connectivity index (χ4n) is 4.24. The number of rotatable bonds is 6. The Balaban J connectivity index is 1.35. The highest BCUT2D eigenvalue weighted by Crippen LogP contribution is 2.39. The Kier molecular flexibility index (Phi) is 7.05. The number of anilines is 1. The Bertz CT molecular complexity index is 1390. The van der Waals surface area contributed by atoms with Crippen LogP contribution in [-0.4, -0.2) is 40.1 Å². The number of amides is 2. The van der Waals surface area contributed by atoms with Crippen molar-refractivity contribution in [2.45, 2.75) is 31.1 Å². The second-order valence-electron chi connectivity index (χ2n) is 8.85. The third-order valence-corrected chi connectivity index (χ3v) is 7.34. The van der Waals surface area contributed by atoms with Gasteiger partial charge in [0.25, 0.3) is 5.91 Å². The van der Waals surface area contributed by atoms with Crippen molar-refractivity contribution in [3.8, 4) is 5.75 Å².